The van der Waals surface area contributed by atoms with Crippen LogP contribution in [0.25, 0.3) is 10.9 Å². The number of H-pyrrole nitrogens is 1. The van der Waals surface area contributed by atoms with E-state index in [9.17, 15) is 33.5 Å². The molecule has 0 radical (unpaired) electrons. The molecule has 1 aliphatic rings. The molecule has 0 saturated carbocycles. The number of nitrogens with one attached hydrogen (secondary N) is 4. The summed E-state index contributed by atoms with van der Waals surface area (Å²) in [4.78, 5) is 69.2. The van der Waals surface area contributed by atoms with E-state index >= 15 is 0 Å². The van der Waals surface area contributed by atoms with Crippen LogP contribution < -0.4 is 27.4 Å². The summed E-state index contributed by atoms with van der Waals surface area (Å²) in [6.45, 7) is 2.98. The first-order chi connectivity index (χ1) is 22.4. The van der Waals surface area contributed by atoms with Crippen molar-refractivity contribution >= 4 is 40.4 Å². The molecule has 0 spiro atoms. The summed E-state index contributed by atoms with van der Waals surface area (Å²) >= 11 is 0. The lowest BCUT2D eigenvalue weighted by Crippen LogP contribution is -2.57. The van der Waals surface area contributed by atoms with Crippen LogP contribution in [0.4, 0.5) is 4.39 Å². The number of amides is 5. The maximum Gasteiger partial charge on any atom is 0.243 e. The summed E-state index contributed by atoms with van der Waals surface area (Å²) in [6, 6.07) is 8.80. The van der Waals surface area contributed by atoms with E-state index in [0.29, 0.717) is 12.0 Å². The van der Waals surface area contributed by atoms with Gasteiger partial charge < -0.3 is 42.4 Å². The van der Waals surface area contributed by atoms with E-state index in [1.54, 1.807) is 13.1 Å². The molecule has 252 valence electrons. The number of aliphatic hydroxyl groups excluding tert-OH is 1. The zero-order valence-electron chi connectivity index (χ0n) is 26.4. The molecule has 1 saturated heterocycles. The van der Waals surface area contributed by atoms with Gasteiger partial charge >= 0.3 is 0 Å². The van der Waals surface area contributed by atoms with Gasteiger partial charge in [-0.25, -0.2) is 4.39 Å². The molecule has 1 aliphatic heterocycles. The van der Waals surface area contributed by atoms with E-state index in [-0.39, 0.29) is 31.7 Å². The number of rotatable bonds is 14. The summed E-state index contributed by atoms with van der Waals surface area (Å²) in [5.41, 5.74) is 14.0. The molecule has 14 heteroatoms. The Hall–Kier alpha value is -4.82. The van der Waals surface area contributed by atoms with Crippen molar-refractivity contribution < 1.29 is 33.5 Å². The molecule has 1 aromatic heterocycles. The number of hydrogen-bond acceptors (Lipinski definition) is 7. The molecule has 0 unspecified atom stereocenters. The summed E-state index contributed by atoms with van der Waals surface area (Å²) < 4.78 is 13.3. The number of aromatic amines is 1. The molecule has 1 fully saturated rings. The Morgan fingerprint density at radius 3 is 2.45 bits per heavy atom. The average molecular weight is 652 g/mol. The molecular weight excluding hydrogens is 609 g/mol. The lowest BCUT2D eigenvalue weighted by Gasteiger charge is -2.29. The minimum atomic E-state index is -1.08. The quantitative estimate of drug-likeness (QED) is 0.127. The smallest absolute Gasteiger partial charge is 0.243 e. The molecule has 6 atom stereocenters. The second-order valence-corrected chi connectivity index (χ2v) is 12.0. The van der Waals surface area contributed by atoms with E-state index in [0.717, 1.165) is 16.5 Å². The number of aromatic nitrogens is 1. The maximum atomic E-state index is 13.5. The fraction of sp³-hybridized carbons (Fsp3) is 0.424. The van der Waals surface area contributed by atoms with Crippen LogP contribution in [0, 0.1) is 11.7 Å². The number of aliphatic hydroxyl groups is 1. The zero-order valence-corrected chi connectivity index (χ0v) is 26.4. The van der Waals surface area contributed by atoms with Gasteiger partial charge in [-0.3, -0.25) is 24.0 Å². The molecule has 9 N–H and O–H groups in total. The number of β-amino-alcohol motifs (C(OH)–C–C–N with tert-alkyl or cyclic N) is 1. The second kappa shape index (κ2) is 15.6. The number of carbonyl (C=O) groups is 5. The van der Waals surface area contributed by atoms with Gasteiger partial charge in [0.2, 0.25) is 29.5 Å². The number of benzene rings is 2. The maximum absolute atomic E-state index is 13.5. The third kappa shape index (κ3) is 8.92. The first kappa shape index (κ1) is 35.0. The van der Waals surface area contributed by atoms with Gasteiger partial charge in [-0.1, -0.05) is 50.6 Å². The van der Waals surface area contributed by atoms with Gasteiger partial charge in [0.05, 0.1) is 18.7 Å². The summed E-state index contributed by atoms with van der Waals surface area (Å²) in [7, 11) is 0. The first-order valence-corrected chi connectivity index (χ1v) is 15.6. The molecule has 2 heterocycles. The number of halogens is 1. The van der Waals surface area contributed by atoms with Crippen LogP contribution in [0.5, 0.6) is 0 Å². The summed E-state index contributed by atoms with van der Waals surface area (Å²) in [5.74, 6) is -4.04. The van der Waals surface area contributed by atoms with E-state index in [1.165, 1.54) is 29.2 Å². The number of nitrogens with zero attached hydrogens (tertiary/aromatic N) is 1. The van der Waals surface area contributed by atoms with Crippen molar-refractivity contribution in [3.05, 3.63) is 71.7 Å². The van der Waals surface area contributed by atoms with Crippen molar-refractivity contribution in [1.82, 2.24) is 25.8 Å². The average Bonchev–Trinajstić information content (AvgIpc) is 3.65. The standard InChI is InChI=1S/C33H42FN7O6/c1-3-18(2)29(32(46)38-16-28(43)39-26(30(36)44)13-20-15-37-25-7-5-4-6-23(20)25)40-31(45)27-14-22(42)17-41(27)33(47)24(35)12-19-8-10-21(34)11-9-19/h4-11,15,18,22,24,26-27,29,37,42H,3,12-14,16-17,35H2,1-2H3,(H2,36,44)(H,38,46)(H,39,43)(H,40,45)/t18-,22+,24-,26-,27+,29-/m0/s1. The second-order valence-electron chi connectivity index (χ2n) is 12.0. The normalized spacial score (nSPS) is 18.6. The Balaban J connectivity index is 1.36. The molecule has 5 amide bonds. The Kier molecular flexibility index (Phi) is 11.7. The number of hydrogen-bond donors (Lipinski definition) is 7. The minimum Gasteiger partial charge on any atom is -0.391 e. The van der Waals surface area contributed by atoms with Crippen LogP contribution in [-0.4, -0.2) is 87.9 Å². The number of carbonyl (C=O) groups excluding carboxylic acids is 5. The first-order valence-electron chi connectivity index (χ1n) is 15.6. The van der Waals surface area contributed by atoms with Crippen LogP contribution in [-0.2, 0) is 36.8 Å². The molecule has 0 aliphatic carbocycles. The number of fused-ring (bicyclic) bond motifs is 1. The van der Waals surface area contributed by atoms with Crippen molar-refractivity contribution in [3.63, 3.8) is 0 Å². The predicted molar refractivity (Wildman–Crippen MR) is 172 cm³/mol. The molecule has 0 bridgehead atoms. The molecule has 2 aromatic carbocycles. The van der Waals surface area contributed by atoms with Crippen LogP contribution in [0.1, 0.15) is 37.8 Å². The fourth-order valence-electron chi connectivity index (χ4n) is 5.70. The van der Waals surface area contributed by atoms with Gasteiger partial charge in [0.15, 0.2) is 0 Å². The number of primary amides is 1. The van der Waals surface area contributed by atoms with Crippen LogP contribution in [0.3, 0.4) is 0 Å². The van der Waals surface area contributed by atoms with Gasteiger partial charge in [-0.2, -0.15) is 0 Å². The molecule has 4 rings (SSSR count). The Morgan fingerprint density at radius 1 is 1.06 bits per heavy atom. The SMILES string of the molecule is CC[C@H](C)[C@H](NC(=O)[C@H]1C[C@@H](O)CN1C(=O)[C@@H](N)Cc1ccc(F)cc1)C(=O)NCC(=O)N[C@@H](Cc1c[nH]c2ccccc12)C(N)=O. The lowest BCUT2D eigenvalue weighted by molar-refractivity contribution is -0.140. The van der Waals surface area contributed by atoms with Crippen molar-refractivity contribution in [2.45, 2.75) is 69.8 Å². The topological polar surface area (TPSA) is 213 Å². The predicted octanol–water partition coefficient (Wildman–Crippen LogP) is -0.00150. The third-order valence-electron chi connectivity index (χ3n) is 8.54. The van der Waals surface area contributed by atoms with Gasteiger partial charge in [0, 0.05) is 36.5 Å². The monoisotopic (exact) mass is 651 g/mol. The highest BCUT2D eigenvalue weighted by atomic mass is 19.1. The van der Waals surface area contributed by atoms with Gasteiger partial charge in [-0.15, -0.1) is 0 Å². The van der Waals surface area contributed by atoms with Crippen molar-refractivity contribution in [3.8, 4) is 0 Å². The highest BCUT2D eigenvalue weighted by Crippen LogP contribution is 2.22. The van der Waals surface area contributed by atoms with Crippen LogP contribution in [0.2, 0.25) is 0 Å². The fourth-order valence-corrected chi connectivity index (χ4v) is 5.70. The molecule has 13 nitrogen and oxygen atoms in total. The van der Waals surface area contributed by atoms with Gasteiger partial charge in [0.1, 0.15) is 23.9 Å². The highest BCUT2D eigenvalue weighted by molar-refractivity contribution is 5.95. The van der Waals surface area contributed by atoms with Gasteiger partial charge in [0.25, 0.3) is 0 Å². The number of nitrogens with two attached hydrogens (primary N) is 2. The van der Waals surface area contributed by atoms with Crippen molar-refractivity contribution in [2.75, 3.05) is 13.1 Å². The zero-order chi connectivity index (χ0) is 34.2. The van der Waals surface area contributed by atoms with Gasteiger partial charge in [-0.05, 0) is 41.7 Å². The molecule has 47 heavy (non-hydrogen) atoms. The lowest BCUT2D eigenvalue weighted by atomic mass is 9.97. The molecule has 3 aromatic rings. The van der Waals surface area contributed by atoms with Crippen molar-refractivity contribution in [1.29, 1.82) is 0 Å². The largest absolute Gasteiger partial charge is 0.391 e. The molecular formula is C33H42FN7O6. The van der Waals surface area contributed by atoms with E-state index in [1.807, 2.05) is 31.2 Å². The Morgan fingerprint density at radius 2 is 1.77 bits per heavy atom. The van der Waals surface area contributed by atoms with Crippen LogP contribution >= 0.6 is 0 Å². The highest BCUT2D eigenvalue weighted by Gasteiger charge is 2.42. The summed E-state index contributed by atoms with van der Waals surface area (Å²) in [6.07, 6.45) is 1.44. The third-order valence-corrected chi connectivity index (χ3v) is 8.54. The Labute approximate surface area is 271 Å². The number of para-hydroxylation sites is 1. The van der Waals surface area contributed by atoms with E-state index in [2.05, 4.69) is 20.9 Å². The number of likely N-dealkylation sites (tertiary alicyclic amines) is 1. The minimum absolute atomic E-state index is 0.0526. The van der Waals surface area contributed by atoms with Crippen LogP contribution in [0.15, 0.2) is 54.7 Å². The van der Waals surface area contributed by atoms with Crippen molar-refractivity contribution in [2.24, 2.45) is 17.4 Å². The Bertz CT molecular complexity index is 1600. The summed E-state index contributed by atoms with van der Waals surface area (Å²) in [5, 5.41) is 19.0. The van der Waals surface area contributed by atoms with E-state index in [4.69, 9.17) is 11.5 Å². The van der Waals surface area contributed by atoms with E-state index < -0.39 is 72.2 Å².